The average molecular weight is 406 g/mol. The fraction of sp³-hybridized carbons (Fsp3) is 0.550. The molecule has 3 aliphatic heterocycles. The Morgan fingerprint density at radius 3 is 2.54 bits per heavy atom. The summed E-state index contributed by atoms with van der Waals surface area (Å²) in [5.41, 5.74) is 0.524. The van der Waals surface area contributed by atoms with Gasteiger partial charge in [0.15, 0.2) is 0 Å². The van der Waals surface area contributed by atoms with Gasteiger partial charge < -0.3 is 10.4 Å². The standard InChI is InChI=1S/C20H24ClN3O4/c1-5-9(3)24-17(26)13-14(18(24)27)20(23-16(13)10(4)25)12-7-11(21)6-8(2)15(12)22-19(20)28/h6-7,9-10,13-14,16,23,25H,5H2,1-4H3,(H,22,28)/t9-,10-,13+,14+,16+,20+/m1/s1. The minimum atomic E-state index is -1.42. The number of likely N-dealkylation sites (tertiary alicyclic amines) is 1. The molecule has 150 valence electrons. The van der Waals surface area contributed by atoms with Crippen molar-refractivity contribution in [2.75, 3.05) is 5.32 Å². The first-order valence-electron chi connectivity index (χ1n) is 9.59. The Balaban J connectivity index is 1.94. The number of nitrogens with zero attached hydrogens (tertiary/aromatic N) is 1. The number of anilines is 1. The van der Waals surface area contributed by atoms with Crippen LogP contribution in [-0.4, -0.2) is 45.9 Å². The SMILES string of the molecule is CC[C@@H](C)N1C(=O)[C@@H]2[C@H]([C@@H](C)O)N[C@]3(C(=O)Nc4c(C)cc(Cl)cc43)[C@@H]2C1=O. The van der Waals surface area contributed by atoms with Crippen LogP contribution in [0.2, 0.25) is 5.02 Å². The van der Waals surface area contributed by atoms with Crippen molar-refractivity contribution in [1.82, 2.24) is 10.2 Å². The molecule has 7 nitrogen and oxygen atoms in total. The van der Waals surface area contributed by atoms with Crippen LogP contribution in [0.25, 0.3) is 0 Å². The number of hydrogen-bond acceptors (Lipinski definition) is 5. The normalized spacial score (nSPS) is 33.3. The number of aliphatic hydroxyl groups is 1. The summed E-state index contributed by atoms with van der Waals surface area (Å²) in [6.07, 6.45) is -0.303. The first kappa shape index (κ1) is 19.4. The smallest absolute Gasteiger partial charge is 0.250 e. The summed E-state index contributed by atoms with van der Waals surface area (Å²) in [6, 6.07) is 2.42. The van der Waals surface area contributed by atoms with Gasteiger partial charge in [-0.1, -0.05) is 18.5 Å². The summed E-state index contributed by atoms with van der Waals surface area (Å²) in [6.45, 7) is 7.11. The quantitative estimate of drug-likeness (QED) is 0.663. The molecule has 1 aromatic carbocycles. The molecule has 0 unspecified atom stereocenters. The van der Waals surface area contributed by atoms with Crippen molar-refractivity contribution in [2.24, 2.45) is 11.8 Å². The molecule has 1 spiro atoms. The van der Waals surface area contributed by atoms with E-state index >= 15 is 0 Å². The van der Waals surface area contributed by atoms with Crippen LogP contribution in [0.4, 0.5) is 5.69 Å². The summed E-state index contributed by atoms with van der Waals surface area (Å²) in [7, 11) is 0. The number of aliphatic hydroxyl groups excluding tert-OH is 1. The number of aryl methyl sites for hydroxylation is 1. The van der Waals surface area contributed by atoms with E-state index in [1.165, 1.54) is 4.90 Å². The number of nitrogens with one attached hydrogen (secondary N) is 2. The summed E-state index contributed by atoms with van der Waals surface area (Å²) in [4.78, 5) is 41.1. The molecule has 2 fully saturated rings. The molecule has 2 saturated heterocycles. The molecule has 8 heteroatoms. The molecule has 0 bridgehead atoms. The van der Waals surface area contributed by atoms with Crippen molar-refractivity contribution in [1.29, 1.82) is 0 Å². The third-order valence-corrected chi connectivity index (χ3v) is 6.72. The molecule has 4 rings (SSSR count). The van der Waals surface area contributed by atoms with E-state index in [4.69, 9.17) is 11.6 Å². The first-order valence-corrected chi connectivity index (χ1v) is 9.97. The molecule has 6 atom stereocenters. The molecule has 1 aromatic rings. The Hall–Kier alpha value is -1.96. The Morgan fingerprint density at radius 1 is 1.25 bits per heavy atom. The van der Waals surface area contributed by atoms with Crippen molar-refractivity contribution in [2.45, 2.75) is 57.8 Å². The van der Waals surface area contributed by atoms with E-state index < -0.39 is 35.4 Å². The van der Waals surface area contributed by atoms with E-state index in [0.717, 1.165) is 5.56 Å². The zero-order chi connectivity index (χ0) is 20.5. The van der Waals surface area contributed by atoms with E-state index in [9.17, 15) is 19.5 Å². The van der Waals surface area contributed by atoms with Gasteiger partial charge in [0, 0.05) is 28.4 Å². The Labute approximate surface area is 168 Å². The molecule has 28 heavy (non-hydrogen) atoms. The Bertz CT molecular complexity index is 902. The monoisotopic (exact) mass is 405 g/mol. The first-order chi connectivity index (χ1) is 13.1. The van der Waals surface area contributed by atoms with Gasteiger partial charge >= 0.3 is 0 Å². The zero-order valence-corrected chi connectivity index (χ0v) is 17.0. The van der Waals surface area contributed by atoms with Gasteiger partial charge in [-0.05, 0) is 44.9 Å². The van der Waals surface area contributed by atoms with Crippen LogP contribution < -0.4 is 10.6 Å². The van der Waals surface area contributed by atoms with Gasteiger partial charge in [-0.2, -0.15) is 0 Å². The van der Waals surface area contributed by atoms with Gasteiger partial charge in [-0.25, -0.2) is 0 Å². The number of benzene rings is 1. The van der Waals surface area contributed by atoms with Crippen molar-refractivity contribution in [3.8, 4) is 0 Å². The predicted octanol–water partition coefficient (Wildman–Crippen LogP) is 1.55. The van der Waals surface area contributed by atoms with E-state index in [-0.39, 0.29) is 17.9 Å². The molecule has 3 aliphatic rings. The van der Waals surface area contributed by atoms with Gasteiger partial charge in [0.1, 0.15) is 5.54 Å². The highest BCUT2D eigenvalue weighted by Crippen LogP contribution is 2.54. The number of carbonyl (C=O) groups excluding carboxylic acids is 3. The molecule has 0 saturated carbocycles. The minimum absolute atomic E-state index is 0.276. The summed E-state index contributed by atoms with van der Waals surface area (Å²) in [5, 5.41) is 16.9. The molecule has 3 amide bonds. The van der Waals surface area contributed by atoms with Crippen molar-refractivity contribution < 1.29 is 19.5 Å². The molecule has 0 aromatic heterocycles. The number of carbonyl (C=O) groups is 3. The molecule has 3 N–H and O–H groups in total. The van der Waals surface area contributed by atoms with Gasteiger partial charge in [0.2, 0.25) is 17.7 Å². The highest BCUT2D eigenvalue weighted by Gasteiger charge is 2.71. The number of hydrogen-bond donors (Lipinski definition) is 3. The molecular formula is C20H24ClN3O4. The lowest BCUT2D eigenvalue weighted by molar-refractivity contribution is -0.145. The lowest BCUT2D eigenvalue weighted by Gasteiger charge is -2.31. The van der Waals surface area contributed by atoms with Gasteiger partial charge in [-0.3, -0.25) is 24.6 Å². The lowest BCUT2D eigenvalue weighted by atomic mass is 9.76. The fourth-order valence-corrected chi connectivity index (χ4v) is 5.29. The van der Waals surface area contributed by atoms with E-state index in [1.54, 1.807) is 19.1 Å². The molecule has 0 aliphatic carbocycles. The van der Waals surface area contributed by atoms with Crippen molar-refractivity contribution >= 4 is 35.0 Å². The summed E-state index contributed by atoms with van der Waals surface area (Å²) < 4.78 is 0. The highest BCUT2D eigenvalue weighted by molar-refractivity contribution is 6.31. The third-order valence-electron chi connectivity index (χ3n) is 6.51. The zero-order valence-electron chi connectivity index (χ0n) is 16.2. The van der Waals surface area contributed by atoms with Crippen LogP contribution in [0.15, 0.2) is 12.1 Å². The second-order valence-electron chi connectivity index (χ2n) is 8.13. The number of rotatable bonds is 3. The van der Waals surface area contributed by atoms with Crippen LogP contribution >= 0.6 is 11.6 Å². The van der Waals surface area contributed by atoms with Gasteiger partial charge in [-0.15, -0.1) is 0 Å². The number of amides is 3. The Morgan fingerprint density at radius 2 is 1.93 bits per heavy atom. The van der Waals surface area contributed by atoms with Crippen molar-refractivity contribution in [3.05, 3.63) is 28.3 Å². The second-order valence-corrected chi connectivity index (χ2v) is 8.56. The van der Waals surface area contributed by atoms with Crippen LogP contribution in [0, 0.1) is 18.8 Å². The topological polar surface area (TPSA) is 98.7 Å². The number of imide groups is 1. The highest BCUT2D eigenvalue weighted by atomic mass is 35.5. The maximum absolute atomic E-state index is 13.4. The minimum Gasteiger partial charge on any atom is -0.392 e. The number of halogens is 1. The van der Waals surface area contributed by atoms with Crippen LogP contribution in [-0.2, 0) is 19.9 Å². The lowest BCUT2D eigenvalue weighted by Crippen LogP contribution is -2.55. The fourth-order valence-electron chi connectivity index (χ4n) is 5.02. The second kappa shape index (κ2) is 6.27. The Kier molecular flexibility index (Phi) is 4.34. The van der Waals surface area contributed by atoms with E-state index in [1.807, 2.05) is 20.8 Å². The third kappa shape index (κ3) is 2.27. The summed E-state index contributed by atoms with van der Waals surface area (Å²) >= 11 is 6.27. The summed E-state index contributed by atoms with van der Waals surface area (Å²) in [5.74, 6) is -2.83. The average Bonchev–Trinajstić information content (AvgIpc) is 3.21. The van der Waals surface area contributed by atoms with E-state index in [0.29, 0.717) is 22.7 Å². The molecular weight excluding hydrogens is 382 g/mol. The maximum atomic E-state index is 13.4. The van der Waals surface area contributed by atoms with Gasteiger partial charge in [0.25, 0.3) is 0 Å². The predicted molar refractivity (Wildman–Crippen MR) is 104 cm³/mol. The van der Waals surface area contributed by atoms with Crippen LogP contribution in [0.1, 0.15) is 38.3 Å². The van der Waals surface area contributed by atoms with Gasteiger partial charge in [0.05, 0.1) is 17.9 Å². The van der Waals surface area contributed by atoms with Crippen LogP contribution in [0.3, 0.4) is 0 Å². The number of fused-ring (bicyclic) bond motifs is 4. The van der Waals surface area contributed by atoms with Crippen LogP contribution in [0.5, 0.6) is 0 Å². The van der Waals surface area contributed by atoms with Crippen molar-refractivity contribution in [3.63, 3.8) is 0 Å². The molecule has 0 radical (unpaired) electrons. The molecule has 3 heterocycles. The van der Waals surface area contributed by atoms with E-state index in [2.05, 4.69) is 10.6 Å². The maximum Gasteiger partial charge on any atom is 0.250 e. The largest absolute Gasteiger partial charge is 0.392 e.